The zero-order valence-electron chi connectivity index (χ0n) is 12.8. The highest BCUT2D eigenvalue weighted by Crippen LogP contribution is 2.16. The number of hydrogen-bond donors (Lipinski definition) is 2. The fourth-order valence-corrected chi connectivity index (χ4v) is 2.00. The molecule has 2 rings (SSSR count). The SMILES string of the molecule is C=Cn1c([N+](=O)[O-])cnc1C=Cc1ccc(C(=O)NCCO)cc1. The zero-order valence-corrected chi connectivity index (χ0v) is 12.8. The number of nitro groups is 1. The fourth-order valence-electron chi connectivity index (χ4n) is 2.00. The first-order chi connectivity index (χ1) is 11.6. The molecule has 1 amide bonds. The molecule has 0 aliphatic rings. The molecule has 1 aromatic heterocycles. The maximum absolute atomic E-state index is 11.7. The quantitative estimate of drug-likeness (QED) is 0.594. The van der Waals surface area contributed by atoms with Gasteiger partial charge in [0.1, 0.15) is 6.20 Å². The Kier molecular flexibility index (Phi) is 5.58. The minimum atomic E-state index is -0.536. The lowest BCUT2D eigenvalue weighted by Crippen LogP contribution is -2.26. The third kappa shape index (κ3) is 3.93. The second-order valence-electron chi connectivity index (χ2n) is 4.72. The molecule has 124 valence electrons. The van der Waals surface area contributed by atoms with E-state index in [9.17, 15) is 14.9 Å². The van der Waals surface area contributed by atoms with Crippen LogP contribution in [0.1, 0.15) is 21.7 Å². The van der Waals surface area contributed by atoms with Crippen LogP contribution in [-0.4, -0.2) is 38.6 Å². The van der Waals surface area contributed by atoms with Crippen LogP contribution in [0, 0.1) is 10.1 Å². The van der Waals surface area contributed by atoms with Gasteiger partial charge in [-0.1, -0.05) is 18.7 Å². The molecular formula is C16H16N4O4. The number of hydrogen-bond acceptors (Lipinski definition) is 5. The molecule has 0 saturated heterocycles. The topological polar surface area (TPSA) is 110 Å². The van der Waals surface area contributed by atoms with E-state index in [1.807, 2.05) is 0 Å². The van der Waals surface area contributed by atoms with Crippen LogP contribution < -0.4 is 5.32 Å². The predicted octanol–water partition coefficient (Wildman–Crippen LogP) is 1.78. The van der Waals surface area contributed by atoms with Crippen LogP contribution in [0.3, 0.4) is 0 Å². The van der Waals surface area contributed by atoms with Gasteiger partial charge in [0.2, 0.25) is 5.82 Å². The maximum atomic E-state index is 11.7. The normalized spacial score (nSPS) is 10.7. The zero-order chi connectivity index (χ0) is 17.5. The number of carbonyl (C=O) groups excluding carboxylic acids is 1. The van der Waals surface area contributed by atoms with Gasteiger partial charge < -0.3 is 20.5 Å². The lowest BCUT2D eigenvalue weighted by atomic mass is 10.1. The summed E-state index contributed by atoms with van der Waals surface area (Å²) in [6.07, 6.45) is 5.83. The van der Waals surface area contributed by atoms with E-state index in [4.69, 9.17) is 5.11 Å². The van der Waals surface area contributed by atoms with Gasteiger partial charge in [-0.2, -0.15) is 4.57 Å². The van der Waals surface area contributed by atoms with Crippen molar-refractivity contribution in [3.8, 4) is 0 Å². The van der Waals surface area contributed by atoms with Crippen molar-refractivity contribution in [2.75, 3.05) is 13.2 Å². The molecule has 1 aromatic carbocycles. The summed E-state index contributed by atoms with van der Waals surface area (Å²) in [5.74, 6) is -0.0561. The largest absolute Gasteiger partial charge is 0.395 e. The van der Waals surface area contributed by atoms with E-state index in [1.54, 1.807) is 36.4 Å². The van der Waals surface area contributed by atoms with Crippen LogP contribution in [0.25, 0.3) is 18.4 Å². The number of rotatable bonds is 7. The molecule has 0 aliphatic carbocycles. The van der Waals surface area contributed by atoms with Gasteiger partial charge in [0, 0.05) is 18.2 Å². The molecule has 0 saturated carbocycles. The van der Waals surface area contributed by atoms with Gasteiger partial charge in [-0.25, -0.2) is 4.98 Å². The van der Waals surface area contributed by atoms with Gasteiger partial charge in [0.25, 0.3) is 5.91 Å². The van der Waals surface area contributed by atoms with Crippen molar-refractivity contribution < 1.29 is 14.8 Å². The minimum absolute atomic E-state index is 0.116. The van der Waals surface area contributed by atoms with Crippen LogP contribution in [0.5, 0.6) is 0 Å². The highest BCUT2D eigenvalue weighted by Gasteiger charge is 2.15. The van der Waals surface area contributed by atoms with Crippen LogP contribution in [-0.2, 0) is 0 Å². The number of carbonyl (C=O) groups is 1. The van der Waals surface area contributed by atoms with Crippen LogP contribution in [0.4, 0.5) is 5.82 Å². The first-order valence-electron chi connectivity index (χ1n) is 7.08. The van der Waals surface area contributed by atoms with Crippen molar-refractivity contribution in [3.05, 3.63) is 64.1 Å². The number of imidazole rings is 1. The van der Waals surface area contributed by atoms with Gasteiger partial charge in [-0.15, -0.1) is 0 Å². The summed E-state index contributed by atoms with van der Waals surface area (Å²) in [5.41, 5.74) is 1.28. The first kappa shape index (κ1) is 17.1. The summed E-state index contributed by atoms with van der Waals surface area (Å²) in [4.78, 5) is 26.0. The number of nitrogens with zero attached hydrogens (tertiary/aromatic N) is 3. The average Bonchev–Trinajstić information content (AvgIpc) is 3.01. The molecule has 8 heteroatoms. The van der Waals surface area contributed by atoms with E-state index < -0.39 is 4.92 Å². The number of nitrogens with one attached hydrogen (secondary N) is 1. The van der Waals surface area contributed by atoms with Crippen molar-refractivity contribution in [2.45, 2.75) is 0 Å². The number of aliphatic hydroxyl groups excluding tert-OH is 1. The summed E-state index contributed by atoms with van der Waals surface area (Å²) >= 11 is 0. The molecule has 0 aliphatic heterocycles. The fraction of sp³-hybridized carbons (Fsp3) is 0.125. The molecule has 0 spiro atoms. The molecule has 0 atom stereocenters. The van der Waals surface area contributed by atoms with E-state index in [0.717, 1.165) is 11.8 Å². The Labute approximate surface area is 137 Å². The van der Waals surface area contributed by atoms with E-state index >= 15 is 0 Å². The lowest BCUT2D eigenvalue weighted by Gasteiger charge is -2.03. The van der Waals surface area contributed by atoms with Gasteiger partial charge >= 0.3 is 5.82 Å². The van der Waals surface area contributed by atoms with E-state index in [0.29, 0.717) is 11.4 Å². The van der Waals surface area contributed by atoms with Gasteiger partial charge in [0.05, 0.1) is 12.8 Å². The molecule has 8 nitrogen and oxygen atoms in total. The molecular weight excluding hydrogens is 312 g/mol. The molecule has 0 unspecified atom stereocenters. The van der Waals surface area contributed by atoms with Crippen LogP contribution in [0.15, 0.2) is 37.0 Å². The van der Waals surface area contributed by atoms with Gasteiger partial charge in [-0.3, -0.25) is 4.79 Å². The third-order valence-electron chi connectivity index (χ3n) is 3.17. The van der Waals surface area contributed by atoms with Crippen molar-refractivity contribution in [3.63, 3.8) is 0 Å². The Balaban J connectivity index is 2.14. The minimum Gasteiger partial charge on any atom is -0.395 e. The Morgan fingerprint density at radius 1 is 1.38 bits per heavy atom. The Morgan fingerprint density at radius 3 is 2.67 bits per heavy atom. The number of benzene rings is 1. The van der Waals surface area contributed by atoms with Crippen molar-refractivity contribution in [2.24, 2.45) is 0 Å². The second kappa shape index (κ2) is 7.84. The average molecular weight is 328 g/mol. The van der Waals surface area contributed by atoms with Gasteiger partial charge in [0.15, 0.2) is 0 Å². The second-order valence-corrected chi connectivity index (χ2v) is 4.72. The van der Waals surface area contributed by atoms with Crippen LogP contribution >= 0.6 is 0 Å². The molecule has 2 aromatic rings. The van der Waals surface area contributed by atoms with E-state index in [2.05, 4.69) is 16.9 Å². The van der Waals surface area contributed by atoms with E-state index in [1.165, 1.54) is 10.8 Å². The Morgan fingerprint density at radius 2 is 2.08 bits per heavy atom. The van der Waals surface area contributed by atoms with E-state index in [-0.39, 0.29) is 24.9 Å². The molecule has 0 bridgehead atoms. The standard InChI is InChI=1S/C16H16N4O4/c1-2-19-14(18-11-15(19)20(23)24)8-5-12-3-6-13(7-4-12)16(22)17-9-10-21/h2-8,11,21H,1,9-10H2,(H,17,22). The molecule has 0 radical (unpaired) electrons. The monoisotopic (exact) mass is 328 g/mol. The van der Waals surface area contributed by atoms with Crippen molar-refractivity contribution in [1.29, 1.82) is 0 Å². The Hall–Kier alpha value is -3.26. The lowest BCUT2D eigenvalue weighted by molar-refractivity contribution is -0.390. The smallest absolute Gasteiger partial charge is 0.347 e. The van der Waals surface area contributed by atoms with Gasteiger partial charge in [-0.05, 0) is 28.7 Å². The highest BCUT2D eigenvalue weighted by molar-refractivity contribution is 5.94. The first-order valence-corrected chi connectivity index (χ1v) is 7.08. The number of amides is 1. The summed E-state index contributed by atoms with van der Waals surface area (Å²) in [6.45, 7) is 3.62. The number of aromatic nitrogens is 2. The summed E-state index contributed by atoms with van der Waals surface area (Å²) in [6, 6.07) is 6.77. The molecule has 1 heterocycles. The van der Waals surface area contributed by atoms with Crippen LogP contribution in [0.2, 0.25) is 0 Å². The summed E-state index contributed by atoms with van der Waals surface area (Å²) < 4.78 is 1.27. The summed E-state index contributed by atoms with van der Waals surface area (Å²) in [7, 11) is 0. The third-order valence-corrected chi connectivity index (χ3v) is 3.17. The predicted molar refractivity (Wildman–Crippen MR) is 90.1 cm³/mol. The molecule has 24 heavy (non-hydrogen) atoms. The Bertz CT molecular complexity index is 778. The highest BCUT2D eigenvalue weighted by atomic mass is 16.6. The molecule has 0 fully saturated rings. The maximum Gasteiger partial charge on any atom is 0.347 e. The summed E-state index contributed by atoms with van der Waals surface area (Å²) in [5, 5.41) is 22.1. The van der Waals surface area contributed by atoms with Crippen molar-refractivity contribution >= 4 is 30.1 Å². The molecule has 2 N–H and O–H groups in total. The number of aliphatic hydroxyl groups is 1. The van der Waals surface area contributed by atoms with Crippen molar-refractivity contribution in [1.82, 2.24) is 14.9 Å².